The van der Waals surface area contributed by atoms with Gasteiger partial charge in [-0.1, -0.05) is 12.1 Å². The minimum atomic E-state index is -0.197. The molecule has 1 aromatic rings. The minimum absolute atomic E-state index is 0.197. The van der Waals surface area contributed by atoms with Crippen LogP contribution in [0.5, 0.6) is 0 Å². The molecule has 0 aliphatic carbocycles. The third-order valence-corrected chi connectivity index (χ3v) is 2.25. The summed E-state index contributed by atoms with van der Waals surface area (Å²) >= 11 is 0. The van der Waals surface area contributed by atoms with E-state index in [0.717, 1.165) is 18.7 Å². The van der Waals surface area contributed by atoms with Crippen LogP contribution in [0.4, 0.5) is 4.39 Å². The summed E-state index contributed by atoms with van der Waals surface area (Å²) in [7, 11) is 2.01. The topological polar surface area (TPSA) is 38.5 Å². The van der Waals surface area contributed by atoms with Gasteiger partial charge < -0.3 is 10.5 Å². The molecule has 0 bridgehead atoms. The van der Waals surface area contributed by atoms with Gasteiger partial charge in [0.15, 0.2) is 0 Å². The second-order valence-corrected chi connectivity index (χ2v) is 3.77. The van der Waals surface area contributed by atoms with Gasteiger partial charge in [-0.3, -0.25) is 4.90 Å². The van der Waals surface area contributed by atoms with E-state index in [2.05, 4.69) is 4.90 Å². The molecule has 3 nitrogen and oxygen atoms in total. The first kappa shape index (κ1) is 13.1. The Kier molecular flexibility index (Phi) is 6.00. The fourth-order valence-corrected chi connectivity index (χ4v) is 1.39. The van der Waals surface area contributed by atoms with Crippen LogP contribution in [-0.2, 0) is 11.3 Å². The molecule has 0 aliphatic heterocycles. The number of likely N-dealkylation sites (N-methyl/N-ethyl adjacent to an activating group) is 1. The standard InChI is InChI=1S/C12H19FN2O/c1-15(7-9-16-8-6-14)10-11-2-4-12(13)5-3-11/h2-5H,6-10,14H2,1H3. The Bertz CT molecular complexity index is 290. The zero-order chi connectivity index (χ0) is 11.8. The Balaban J connectivity index is 2.23. The van der Waals surface area contributed by atoms with Gasteiger partial charge in [-0.2, -0.15) is 0 Å². The van der Waals surface area contributed by atoms with E-state index in [-0.39, 0.29) is 5.82 Å². The zero-order valence-electron chi connectivity index (χ0n) is 9.66. The van der Waals surface area contributed by atoms with Crippen molar-refractivity contribution < 1.29 is 9.13 Å². The van der Waals surface area contributed by atoms with Crippen molar-refractivity contribution in [2.75, 3.05) is 33.4 Å². The first-order valence-corrected chi connectivity index (χ1v) is 5.43. The van der Waals surface area contributed by atoms with E-state index < -0.39 is 0 Å². The Morgan fingerprint density at radius 1 is 1.25 bits per heavy atom. The summed E-state index contributed by atoms with van der Waals surface area (Å²) in [4.78, 5) is 2.13. The highest BCUT2D eigenvalue weighted by molar-refractivity contribution is 5.15. The minimum Gasteiger partial charge on any atom is -0.379 e. The molecule has 0 unspecified atom stereocenters. The van der Waals surface area contributed by atoms with Crippen molar-refractivity contribution >= 4 is 0 Å². The van der Waals surface area contributed by atoms with Crippen molar-refractivity contribution in [3.63, 3.8) is 0 Å². The van der Waals surface area contributed by atoms with Crippen molar-refractivity contribution in [1.82, 2.24) is 4.90 Å². The zero-order valence-corrected chi connectivity index (χ0v) is 9.66. The summed E-state index contributed by atoms with van der Waals surface area (Å²) in [5.74, 6) is -0.197. The lowest BCUT2D eigenvalue weighted by molar-refractivity contribution is 0.115. The highest BCUT2D eigenvalue weighted by Crippen LogP contribution is 2.05. The van der Waals surface area contributed by atoms with Crippen LogP contribution in [0.25, 0.3) is 0 Å². The van der Waals surface area contributed by atoms with Crippen LogP contribution in [-0.4, -0.2) is 38.3 Å². The second-order valence-electron chi connectivity index (χ2n) is 3.77. The molecule has 0 spiro atoms. The lowest BCUT2D eigenvalue weighted by atomic mass is 10.2. The molecule has 0 atom stereocenters. The fourth-order valence-electron chi connectivity index (χ4n) is 1.39. The maximum atomic E-state index is 12.7. The van der Waals surface area contributed by atoms with Crippen molar-refractivity contribution in [2.45, 2.75) is 6.54 Å². The third kappa shape index (κ3) is 5.21. The van der Waals surface area contributed by atoms with Gasteiger partial charge in [-0.25, -0.2) is 4.39 Å². The third-order valence-electron chi connectivity index (χ3n) is 2.25. The number of nitrogens with zero attached hydrogens (tertiary/aromatic N) is 1. The molecule has 0 aromatic heterocycles. The van der Waals surface area contributed by atoms with Crippen LogP contribution in [0.2, 0.25) is 0 Å². The molecule has 0 amide bonds. The number of benzene rings is 1. The quantitative estimate of drug-likeness (QED) is 0.711. The first-order valence-electron chi connectivity index (χ1n) is 5.43. The van der Waals surface area contributed by atoms with Gasteiger partial charge in [0, 0.05) is 19.6 Å². The lowest BCUT2D eigenvalue weighted by Gasteiger charge is -2.16. The van der Waals surface area contributed by atoms with E-state index in [1.165, 1.54) is 12.1 Å². The van der Waals surface area contributed by atoms with Crippen molar-refractivity contribution in [2.24, 2.45) is 5.73 Å². The Labute approximate surface area is 96.0 Å². The molecule has 0 aliphatic rings. The SMILES string of the molecule is CN(CCOCCN)Cc1ccc(F)cc1. The van der Waals surface area contributed by atoms with Crippen LogP contribution in [0.1, 0.15) is 5.56 Å². The molecular weight excluding hydrogens is 207 g/mol. The van der Waals surface area contributed by atoms with Crippen LogP contribution < -0.4 is 5.73 Å². The van der Waals surface area contributed by atoms with Gasteiger partial charge in [-0.15, -0.1) is 0 Å². The second kappa shape index (κ2) is 7.33. The van der Waals surface area contributed by atoms with E-state index in [0.29, 0.717) is 19.8 Å². The van der Waals surface area contributed by atoms with Crippen molar-refractivity contribution in [3.05, 3.63) is 35.6 Å². The lowest BCUT2D eigenvalue weighted by Crippen LogP contribution is -2.23. The number of hydrogen-bond acceptors (Lipinski definition) is 3. The highest BCUT2D eigenvalue weighted by atomic mass is 19.1. The smallest absolute Gasteiger partial charge is 0.123 e. The molecule has 0 radical (unpaired) electrons. The average Bonchev–Trinajstić information content (AvgIpc) is 2.28. The van der Waals surface area contributed by atoms with Crippen LogP contribution in [0, 0.1) is 5.82 Å². The maximum absolute atomic E-state index is 12.7. The average molecular weight is 226 g/mol. The van der Waals surface area contributed by atoms with E-state index >= 15 is 0 Å². The van der Waals surface area contributed by atoms with E-state index in [4.69, 9.17) is 10.5 Å². The molecule has 1 aromatic carbocycles. The summed E-state index contributed by atoms with van der Waals surface area (Å²) in [6.45, 7) is 3.48. The predicted octanol–water partition coefficient (Wildman–Crippen LogP) is 1.23. The van der Waals surface area contributed by atoms with E-state index in [1.807, 2.05) is 7.05 Å². The molecule has 90 valence electrons. The van der Waals surface area contributed by atoms with Gasteiger partial charge in [0.25, 0.3) is 0 Å². The maximum Gasteiger partial charge on any atom is 0.123 e. The van der Waals surface area contributed by atoms with Gasteiger partial charge in [0.05, 0.1) is 13.2 Å². The fraction of sp³-hybridized carbons (Fsp3) is 0.500. The number of rotatable bonds is 7. The summed E-state index contributed by atoms with van der Waals surface area (Å²) in [5.41, 5.74) is 6.41. The molecule has 16 heavy (non-hydrogen) atoms. The number of nitrogens with two attached hydrogens (primary N) is 1. The number of ether oxygens (including phenoxy) is 1. The molecule has 4 heteroatoms. The van der Waals surface area contributed by atoms with E-state index in [9.17, 15) is 4.39 Å². The Morgan fingerprint density at radius 3 is 2.56 bits per heavy atom. The van der Waals surface area contributed by atoms with Gasteiger partial charge >= 0.3 is 0 Å². The van der Waals surface area contributed by atoms with Crippen molar-refractivity contribution in [1.29, 1.82) is 0 Å². The molecule has 0 heterocycles. The molecule has 0 saturated heterocycles. The van der Waals surface area contributed by atoms with Crippen molar-refractivity contribution in [3.8, 4) is 0 Å². The monoisotopic (exact) mass is 226 g/mol. The van der Waals surface area contributed by atoms with Crippen LogP contribution in [0.15, 0.2) is 24.3 Å². The normalized spacial score (nSPS) is 11.0. The first-order chi connectivity index (χ1) is 7.72. The summed E-state index contributed by atoms with van der Waals surface area (Å²) < 4.78 is 17.9. The predicted molar refractivity (Wildman–Crippen MR) is 62.6 cm³/mol. The largest absolute Gasteiger partial charge is 0.379 e. The van der Waals surface area contributed by atoms with E-state index in [1.54, 1.807) is 12.1 Å². The molecule has 2 N–H and O–H groups in total. The summed E-state index contributed by atoms with van der Waals surface area (Å²) in [5, 5.41) is 0. The molecule has 0 fully saturated rings. The van der Waals surface area contributed by atoms with Gasteiger partial charge in [-0.05, 0) is 24.7 Å². The highest BCUT2D eigenvalue weighted by Gasteiger charge is 2.00. The summed E-state index contributed by atoms with van der Waals surface area (Å²) in [6, 6.07) is 6.56. The van der Waals surface area contributed by atoms with Crippen LogP contribution in [0.3, 0.4) is 0 Å². The van der Waals surface area contributed by atoms with Gasteiger partial charge in [0.1, 0.15) is 5.82 Å². The molecular formula is C12H19FN2O. The number of hydrogen-bond donors (Lipinski definition) is 1. The van der Waals surface area contributed by atoms with Gasteiger partial charge in [0.2, 0.25) is 0 Å². The Morgan fingerprint density at radius 2 is 1.94 bits per heavy atom. The van der Waals surface area contributed by atoms with Crippen LogP contribution >= 0.6 is 0 Å². The molecule has 0 saturated carbocycles. The summed E-state index contributed by atoms with van der Waals surface area (Å²) in [6.07, 6.45) is 0. The number of halogens is 1. The molecule has 1 rings (SSSR count). The Hall–Kier alpha value is -0.970.